The summed E-state index contributed by atoms with van der Waals surface area (Å²) < 4.78 is 14.1. The molecule has 2 N–H and O–H groups in total. The molecule has 18 heavy (non-hydrogen) atoms. The first-order chi connectivity index (χ1) is 8.63. The molecule has 0 radical (unpaired) electrons. The van der Waals surface area contributed by atoms with Gasteiger partial charge in [-0.15, -0.1) is 0 Å². The first kappa shape index (κ1) is 12.3. The van der Waals surface area contributed by atoms with Gasteiger partial charge in [-0.05, 0) is 59.5 Å². The van der Waals surface area contributed by atoms with Crippen molar-refractivity contribution < 1.29 is 4.39 Å². The standard InChI is InChI=1S/C14H18BrFN2/c15-11-5-13(17)14(6-12(11)16)18(7-9-1-2-9)8-10-3-4-10/h5-6,9-10H,1-4,7-8,17H2. The average Bonchev–Trinajstić information content (AvgIpc) is 3.17. The van der Waals surface area contributed by atoms with Crippen molar-refractivity contribution in [1.29, 1.82) is 0 Å². The van der Waals surface area contributed by atoms with Gasteiger partial charge in [-0.2, -0.15) is 0 Å². The van der Waals surface area contributed by atoms with Crippen molar-refractivity contribution in [1.82, 2.24) is 0 Å². The number of hydrogen-bond acceptors (Lipinski definition) is 2. The maximum Gasteiger partial charge on any atom is 0.139 e. The van der Waals surface area contributed by atoms with Gasteiger partial charge in [-0.3, -0.25) is 0 Å². The van der Waals surface area contributed by atoms with Gasteiger partial charge in [0.15, 0.2) is 0 Å². The van der Waals surface area contributed by atoms with Crippen LogP contribution in [0.4, 0.5) is 15.8 Å². The molecule has 1 aromatic rings. The van der Waals surface area contributed by atoms with Crippen LogP contribution in [-0.2, 0) is 0 Å². The average molecular weight is 313 g/mol. The third kappa shape index (κ3) is 2.79. The molecule has 2 aliphatic carbocycles. The van der Waals surface area contributed by atoms with Crippen molar-refractivity contribution in [3.63, 3.8) is 0 Å². The number of nitrogen functional groups attached to an aromatic ring is 1. The minimum atomic E-state index is -0.226. The Hall–Kier alpha value is -0.770. The summed E-state index contributed by atoms with van der Waals surface area (Å²) in [7, 11) is 0. The number of hydrogen-bond donors (Lipinski definition) is 1. The van der Waals surface area contributed by atoms with E-state index in [2.05, 4.69) is 20.8 Å². The van der Waals surface area contributed by atoms with Crippen molar-refractivity contribution in [2.45, 2.75) is 25.7 Å². The lowest BCUT2D eigenvalue weighted by molar-refractivity contribution is 0.617. The zero-order chi connectivity index (χ0) is 12.7. The molecule has 2 fully saturated rings. The summed E-state index contributed by atoms with van der Waals surface area (Å²) in [6, 6.07) is 3.25. The van der Waals surface area contributed by atoms with Crippen LogP contribution >= 0.6 is 15.9 Å². The molecule has 0 aliphatic heterocycles. The lowest BCUT2D eigenvalue weighted by Crippen LogP contribution is -2.29. The highest BCUT2D eigenvalue weighted by Crippen LogP contribution is 2.38. The van der Waals surface area contributed by atoms with Crippen LogP contribution in [0.25, 0.3) is 0 Å². The zero-order valence-electron chi connectivity index (χ0n) is 10.3. The Morgan fingerprint density at radius 1 is 1.17 bits per heavy atom. The van der Waals surface area contributed by atoms with Gasteiger partial charge in [0.2, 0.25) is 0 Å². The number of rotatable bonds is 5. The van der Waals surface area contributed by atoms with Crippen LogP contribution < -0.4 is 10.6 Å². The minimum Gasteiger partial charge on any atom is -0.397 e. The summed E-state index contributed by atoms with van der Waals surface area (Å²) >= 11 is 3.18. The first-order valence-electron chi connectivity index (χ1n) is 6.63. The highest BCUT2D eigenvalue weighted by atomic mass is 79.9. The molecule has 0 unspecified atom stereocenters. The number of halogens is 2. The topological polar surface area (TPSA) is 29.3 Å². The smallest absolute Gasteiger partial charge is 0.139 e. The highest BCUT2D eigenvalue weighted by Gasteiger charge is 2.30. The second-order valence-corrected chi connectivity index (χ2v) is 6.47. The molecule has 3 rings (SSSR count). The molecule has 2 aliphatic rings. The van der Waals surface area contributed by atoms with Gasteiger partial charge in [-0.1, -0.05) is 0 Å². The molecule has 4 heteroatoms. The van der Waals surface area contributed by atoms with E-state index in [-0.39, 0.29) is 5.82 Å². The van der Waals surface area contributed by atoms with E-state index in [1.165, 1.54) is 25.7 Å². The van der Waals surface area contributed by atoms with Gasteiger partial charge in [0, 0.05) is 19.2 Å². The Morgan fingerprint density at radius 3 is 2.22 bits per heavy atom. The third-order valence-electron chi connectivity index (χ3n) is 3.76. The summed E-state index contributed by atoms with van der Waals surface area (Å²) in [5.74, 6) is 1.35. The van der Waals surface area contributed by atoms with E-state index in [0.717, 1.165) is 30.6 Å². The molecule has 1 aromatic carbocycles. The summed E-state index contributed by atoms with van der Waals surface area (Å²) in [6.45, 7) is 2.06. The molecule has 2 nitrogen and oxygen atoms in total. The van der Waals surface area contributed by atoms with Crippen molar-refractivity contribution >= 4 is 27.3 Å². The molecule has 0 spiro atoms. The Labute approximate surface area is 115 Å². The quantitative estimate of drug-likeness (QED) is 0.838. The molecule has 0 saturated heterocycles. The monoisotopic (exact) mass is 312 g/mol. The van der Waals surface area contributed by atoms with Crippen molar-refractivity contribution in [2.24, 2.45) is 11.8 Å². The summed E-state index contributed by atoms with van der Waals surface area (Å²) in [5, 5.41) is 0. The number of nitrogens with zero attached hydrogens (tertiary/aromatic N) is 1. The number of benzene rings is 1. The highest BCUT2D eigenvalue weighted by molar-refractivity contribution is 9.10. The maximum absolute atomic E-state index is 13.7. The van der Waals surface area contributed by atoms with Crippen LogP contribution in [0.5, 0.6) is 0 Å². The van der Waals surface area contributed by atoms with Gasteiger partial charge >= 0.3 is 0 Å². The third-order valence-corrected chi connectivity index (χ3v) is 4.37. The van der Waals surface area contributed by atoms with Gasteiger partial charge in [-0.25, -0.2) is 4.39 Å². The Kier molecular flexibility index (Phi) is 3.22. The van der Waals surface area contributed by atoms with Crippen molar-refractivity contribution in [2.75, 3.05) is 23.7 Å². The van der Waals surface area contributed by atoms with E-state index >= 15 is 0 Å². The van der Waals surface area contributed by atoms with E-state index in [1.807, 2.05) is 0 Å². The van der Waals surface area contributed by atoms with Crippen LogP contribution in [-0.4, -0.2) is 13.1 Å². The Morgan fingerprint density at radius 2 is 1.72 bits per heavy atom. The van der Waals surface area contributed by atoms with Crippen molar-refractivity contribution in [3.05, 3.63) is 22.4 Å². The molecule has 0 atom stereocenters. The van der Waals surface area contributed by atoms with Gasteiger partial charge in [0.1, 0.15) is 5.82 Å². The van der Waals surface area contributed by atoms with Gasteiger partial charge in [0.05, 0.1) is 15.8 Å². The maximum atomic E-state index is 13.7. The van der Waals surface area contributed by atoms with E-state index in [4.69, 9.17) is 5.73 Å². The fourth-order valence-corrected chi connectivity index (χ4v) is 2.68. The van der Waals surface area contributed by atoms with Crippen LogP contribution in [0.1, 0.15) is 25.7 Å². The largest absolute Gasteiger partial charge is 0.397 e. The predicted molar refractivity (Wildman–Crippen MR) is 76.2 cm³/mol. The summed E-state index contributed by atoms with van der Waals surface area (Å²) in [4.78, 5) is 2.29. The van der Waals surface area contributed by atoms with Crippen LogP contribution in [0, 0.1) is 17.7 Å². The van der Waals surface area contributed by atoms with Crippen LogP contribution in [0.2, 0.25) is 0 Å². The van der Waals surface area contributed by atoms with Gasteiger partial charge in [0.25, 0.3) is 0 Å². The van der Waals surface area contributed by atoms with E-state index in [1.54, 1.807) is 12.1 Å². The van der Waals surface area contributed by atoms with E-state index in [9.17, 15) is 4.39 Å². The second-order valence-electron chi connectivity index (χ2n) is 5.62. The van der Waals surface area contributed by atoms with Gasteiger partial charge < -0.3 is 10.6 Å². The van der Waals surface area contributed by atoms with E-state index in [0.29, 0.717) is 10.2 Å². The van der Waals surface area contributed by atoms with Crippen LogP contribution in [0.3, 0.4) is 0 Å². The normalized spacial score (nSPS) is 19.0. The fourth-order valence-electron chi connectivity index (χ4n) is 2.32. The molecular weight excluding hydrogens is 295 g/mol. The Balaban J connectivity index is 1.84. The molecule has 0 heterocycles. The number of anilines is 2. The second kappa shape index (κ2) is 4.72. The SMILES string of the molecule is Nc1cc(Br)c(F)cc1N(CC1CC1)CC1CC1. The number of nitrogens with two attached hydrogens (primary N) is 1. The summed E-state index contributed by atoms with van der Waals surface area (Å²) in [6.07, 6.45) is 5.22. The molecule has 0 amide bonds. The van der Waals surface area contributed by atoms with Crippen molar-refractivity contribution in [3.8, 4) is 0 Å². The first-order valence-corrected chi connectivity index (χ1v) is 7.42. The molecule has 0 bridgehead atoms. The lowest BCUT2D eigenvalue weighted by Gasteiger charge is -2.26. The molecule has 98 valence electrons. The molecule has 2 saturated carbocycles. The minimum absolute atomic E-state index is 0.226. The fraction of sp³-hybridized carbons (Fsp3) is 0.571. The lowest BCUT2D eigenvalue weighted by atomic mass is 10.2. The zero-order valence-corrected chi connectivity index (χ0v) is 11.9. The Bertz CT molecular complexity index is 441. The predicted octanol–water partition coefficient (Wildman–Crippen LogP) is 3.80. The molecule has 0 aromatic heterocycles. The van der Waals surface area contributed by atoms with E-state index < -0.39 is 0 Å². The van der Waals surface area contributed by atoms with Crippen LogP contribution in [0.15, 0.2) is 16.6 Å². The molecular formula is C14H18BrFN2. The summed E-state index contributed by atoms with van der Waals surface area (Å²) in [5.41, 5.74) is 7.59.